The van der Waals surface area contributed by atoms with Gasteiger partial charge in [0.2, 0.25) is 0 Å². The Morgan fingerprint density at radius 3 is 2.47 bits per heavy atom. The molecular formula is C13H15NO. The first-order chi connectivity index (χ1) is 7.25. The zero-order chi connectivity index (χ0) is 10.7. The largest absolute Gasteiger partial charge is 0.387 e. The number of nitrogens with one attached hydrogen (secondary N) is 1. The SMILES string of the molecule is Cc1ccc(C(O)Cc2ccccc2)[nH]1. The second-order valence-electron chi connectivity index (χ2n) is 3.80. The number of rotatable bonds is 3. The van der Waals surface area contributed by atoms with Gasteiger partial charge in [0.15, 0.2) is 0 Å². The molecule has 78 valence electrons. The monoisotopic (exact) mass is 201 g/mol. The standard InChI is InChI=1S/C13H15NO/c1-10-7-8-12(14-10)13(15)9-11-5-3-2-4-6-11/h2-8,13-15H,9H2,1H3. The molecule has 0 aliphatic carbocycles. The highest BCUT2D eigenvalue weighted by Crippen LogP contribution is 2.17. The smallest absolute Gasteiger partial charge is 0.0977 e. The fourth-order valence-corrected chi connectivity index (χ4v) is 1.67. The zero-order valence-corrected chi connectivity index (χ0v) is 8.77. The van der Waals surface area contributed by atoms with E-state index in [4.69, 9.17) is 0 Å². The van der Waals surface area contributed by atoms with Crippen LogP contribution in [0.15, 0.2) is 42.5 Å². The highest BCUT2D eigenvalue weighted by Gasteiger charge is 2.09. The number of hydrogen-bond acceptors (Lipinski definition) is 1. The molecule has 0 amide bonds. The van der Waals surface area contributed by atoms with Crippen LogP contribution in [0.5, 0.6) is 0 Å². The summed E-state index contributed by atoms with van der Waals surface area (Å²) >= 11 is 0. The lowest BCUT2D eigenvalue weighted by Crippen LogP contribution is -2.01. The predicted octanol–water partition coefficient (Wildman–Crippen LogP) is 2.60. The quantitative estimate of drug-likeness (QED) is 0.786. The molecule has 2 heteroatoms. The molecule has 15 heavy (non-hydrogen) atoms. The fourth-order valence-electron chi connectivity index (χ4n) is 1.67. The summed E-state index contributed by atoms with van der Waals surface area (Å²) in [6.45, 7) is 1.98. The second-order valence-corrected chi connectivity index (χ2v) is 3.80. The molecule has 2 rings (SSSR count). The summed E-state index contributed by atoms with van der Waals surface area (Å²) in [5, 5.41) is 9.96. The van der Waals surface area contributed by atoms with Gasteiger partial charge in [-0.1, -0.05) is 30.3 Å². The van der Waals surface area contributed by atoms with Crippen molar-refractivity contribution in [3.8, 4) is 0 Å². The summed E-state index contributed by atoms with van der Waals surface area (Å²) in [6, 6.07) is 13.9. The number of aryl methyl sites for hydroxylation is 1. The molecule has 0 saturated carbocycles. The first kappa shape index (κ1) is 9.99. The van der Waals surface area contributed by atoms with E-state index in [-0.39, 0.29) is 0 Å². The van der Waals surface area contributed by atoms with Crippen molar-refractivity contribution in [3.05, 3.63) is 59.4 Å². The Kier molecular flexibility index (Phi) is 2.88. The molecule has 0 radical (unpaired) electrons. The lowest BCUT2D eigenvalue weighted by atomic mass is 10.1. The van der Waals surface area contributed by atoms with Gasteiger partial charge in [-0.15, -0.1) is 0 Å². The minimum absolute atomic E-state index is 0.443. The van der Waals surface area contributed by atoms with Crippen LogP contribution in [0.25, 0.3) is 0 Å². The lowest BCUT2D eigenvalue weighted by molar-refractivity contribution is 0.174. The number of H-pyrrole nitrogens is 1. The zero-order valence-electron chi connectivity index (χ0n) is 8.77. The highest BCUT2D eigenvalue weighted by atomic mass is 16.3. The number of aliphatic hydroxyl groups excluding tert-OH is 1. The summed E-state index contributed by atoms with van der Waals surface area (Å²) in [6.07, 6.45) is 0.210. The molecule has 1 unspecified atom stereocenters. The summed E-state index contributed by atoms with van der Waals surface area (Å²) in [5.41, 5.74) is 3.12. The van der Waals surface area contributed by atoms with Gasteiger partial charge in [0.05, 0.1) is 6.10 Å². The Morgan fingerprint density at radius 1 is 1.13 bits per heavy atom. The van der Waals surface area contributed by atoms with E-state index in [9.17, 15) is 5.11 Å². The molecule has 0 bridgehead atoms. The molecule has 0 aliphatic rings. The number of aromatic nitrogens is 1. The molecule has 1 aromatic heterocycles. The van der Waals surface area contributed by atoms with Crippen LogP contribution in [-0.2, 0) is 6.42 Å². The van der Waals surface area contributed by atoms with Crippen LogP contribution in [0.1, 0.15) is 23.1 Å². The Labute approximate surface area is 89.6 Å². The molecule has 0 aliphatic heterocycles. The van der Waals surface area contributed by atoms with Gasteiger partial charge in [0.25, 0.3) is 0 Å². The summed E-state index contributed by atoms with van der Waals surface area (Å²) in [5.74, 6) is 0. The second kappa shape index (κ2) is 4.32. The maximum Gasteiger partial charge on any atom is 0.0977 e. The molecule has 1 aromatic carbocycles. The van der Waals surface area contributed by atoms with Gasteiger partial charge in [0, 0.05) is 17.8 Å². The third-order valence-corrected chi connectivity index (χ3v) is 2.49. The van der Waals surface area contributed by atoms with E-state index < -0.39 is 6.10 Å². The van der Waals surface area contributed by atoms with Crippen molar-refractivity contribution < 1.29 is 5.11 Å². The van der Waals surface area contributed by atoms with Crippen molar-refractivity contribution in [2.45, 2.75) is 19.4 Å². The van der Waals surface area contributed by atoms with Crippen molar-refractivity contribution in [1.82, 2.24) is 4.98 Å². The molecular weight excluding hydrogens is 186 g/mol. The molecule has 1 heterocycles. The molecule has 2 aromatic rings. The molecule has 0 saturated heterocycles. The van der Waals surface area contributed by atoms with Crippen LogP contribution in [0.2, 0.25) is 0 Å². The molecule has 0 fully saturated rings. The summed E-state index contributed by atoms with van der Waals surface area (Å²) < 4.78 is 0. The fraction of sp³-hybridized carbons (Fsp3) is 0.231. The van der Waals surface area contributed by atoms with Crippen LogP contribution in [-0.4, -0.2) is 10.1 Å². The molecule has 2 N–H and O–H groups in total. The van der Waals surface area contributed by atoms with E-state index in [1.54, 1.807) is 0 Å². The van der Waals surface area contributed by atoms with E-state index in [0.29, 0.717) is 6.42 Å². The molecule has 0 spiro atoms. The Hall–Kier alpha value is -1.54. The number of hydrogen-bond donors (Lipinski definition) is 2. The Morgan fingerprint density at radius 2 is 1.87 bits per heavy atom. The maximum atomic E-state index is 9.96. The van der Waals surface area contributed by atoms with Gasteiger partial charge in [0.1, 0.15) is 0 Å². The minimum atomic E-state index is -0.443. The van der Waals surface area contributed by atoms with Gasteiger partial charge < -0.3 is 10.1 Å². The minimum Gasteiger partial charge on any atom is -0.387 e. The van der Waals surface area contributed by atoms with E-state index in [1.165, 1.54) is 0 Å². The van der Waals surface area contributed by atoms with E-state index in [0.717, 1.165) is 17.0 Å². The van der Waals surface area contributed by atoms with E-state index in [2.05, 4.69) is 4.98 Å². The van der Waals surface area contributed by atoms with E-state index in [1.807, 2.05) is 49.4 Å². The van der Waals surface area contributed by atoms with Gasteiger partial charge in [-0.25, -0.2) is 0 Å². The van der Waals surface area contributed by atoms with Crippen molar-refractivity contribution in [2.24, 2.45) is 0 Å². The molecule has 1 atom stereocenters. The van der Waals surface area contributed by atoms with Crippen LogP contribution in [0.4, 0.5) is 0 Å². The average Bonchev–Trinajstić information content (AvgIpc) is 2.66. The Balaban J connectivity index is 2.07. The van der Waals surface area contributed by atoms with E-state index >= 15 is 0 Å². The van der Waals surface area contributed by atoms with Crippen LogP contribution >= 0.6 is 0 Å². The van der Waals surface area contributed by atoms with Crippen molar-refractivity contribution in [2.75, 3.05) is 0 Å². The highest BCUT2D eigenvalue weighted by molar-refractivity contribution is 5.20. The van der Waals surface area contributed by atoms with Gasteiger partial charge >= 0.3 is 0 Å². The Bertz CT molecular complexity index is 419. The van der Waals surface area contributed by atoms with Gasteiger partial charge in [-0.2, -0.15) is 0 Å². The lowest BCUT2D eigenvalue weighted by Gasteiger charge is -2.08. The van der Waals surface area contributed by atoms with Crippen molar-refractivity contribution >= 4 is 0 Å². The van der Waals surface area contributed by atoms with Gasteiger partial charge in [-0.3, -0.25) is 0 Å². The third-order valence-electron chi connectivity index (χ3n) is 2.49. The number of aromatic amines is 1. The normalized spacial score (nSPS) is 12.7. The average molecular weight is 201 g/mol. The van der Waals surface area contributed by atoms with Gasteiger partial charge in [-0.05, 0) is 24.6 Å². The topological polar surface area (TPSA) is 36.0 Å². The predicted molar refractivity (Wildman–Crippen MR) is 60.6 cm³/mol. The first-order valence-electron chi connectivity index (χ1n) is 5.13. The summed E-state index contributed by atoms with van der Waals surface area (Å²) in [7, 11) is 0. The number of benzene rings is 1. The number of aliphatic hydroxyl groups is 1. The molecule has 2 nitrogen and oxygen atoms in total. The van der Waals surface area contributed by atoms with Crippen molar-refractivity contribution in [1.29, 1.82) is 0 Å². The van der Waals surface area contributed by atoms with Crippen molar-refractivity contribution in [3.63, 3.8) is 0 Å². The van der Waals surface area contributed by atoms with Crippen LogP contribution in [0, 0.1) is 6.92 Å². The van der Waals surface area contributed by atoms with Crippen LogP contribution < -0.4 is 0 Å². The third kappa shape index (κ3) is 2.48. The maximum absolute atomic E-state index is 9.96. The van der Waals surface area contributed by atoms with Crippen LogP contribution in [0.3, 0.4) is 0 Å². The first-order valence-corrected chi connectivity index (χ1v) is 5.13. The summed E-state index contributed by atoms with van der Waals surface area (Å²) in [4.78, 5) is 3.15.